The summed E-state index contributed by atoms with van der Waals surface area (Å²) in [6.45, 7) is 4.18. The number of alkyl halides is 3. The van der Waals surface area contributed by atoms with Crippen LogP contribution >= 0.6 is 0 Å². The first-order valence-electron chi connectivity index (χ1n) is 6.20. The van der Waals surface area contributed by atoms with Crippen LogP contribution < -0.4 is 5.73 Å². The van der Waals surface area contributed by atoms with Crippen LogP contribution in [0.4, 0.5) is 13.2 Å². The van der Waals surface area contributed by atoms with Crippen LogP contribution in [0.1, 0.15) is 28.6 Å². The fraction of sp³-hybridized carbons (Fsp3) is 0.357. The summed E-state index contributed by atoms with van der Waals surface area (Å²) >= 11 is 0. The molecule has 0 aliphatic heterocycles. The number of hydrogen-bond acceptors (Lipinski definition) is 2. The average molecular weight is 283 g/mol. The van der Waals surface area contributed by atoms with Gasteiger partial charge in [0.05, 0.1) is 17.6 Å². The molecule has 1 heterocycles. The molecule has 3 nitrogen and oxygen atoms in total. The third-order valence-electron chi connectivity index (χ3n) is 3.38. The van der Waals surface area contributed by atoms with E-state index in [1.807, 2.05) is 18.4 Å². The lowest BCUT2D eigenvalue weighted by Crippen LogP contribution is -2.18. The second-order valence-electron chi connectivity index (χ2n) is 4.80. The lowest BCUT2D eigenvalue weighted by atomic mass is 10.0. The van der Waals surface area contributed by atoms with Crippen LogP contribution in [0.3, 0.4) is 0 Å². The maximum atomic E-state index is 12.7. The minimum absolute atomic E-state index is 0.397. The van der Waals surface area contributed by atoms with Gasteiger partial charge in [-0.15, -0.1) is 0 Å². The molecule has 6 heteroatoms. The van der Waals surface area contributed by atoms with Crippen molar-refractivity contribution in [2.45, 2.75) is 32.6 Å². The summed E-state index contributed by atoms with van der Waals surface area (Å²) in [5, 5.41) is 0. The van der Waals surface area contributed by atoms with E-state index in [4.69, 9.17) is 5.73 Å². The smallest absolute Gasteiger partial charge is 0.333 e. The van der Waals surface area contributed by atoms with Gasteiger partial charge in [-0.3, -0.25) is 0 Å². The number of nitrogens with two attached hydrogens (primary N) is 1. The molecular formula is C14H16F3N3. The first-order valence-corrected chi connectivity index (χ1v) is 6.20. The van der Waals surface area contributed by atoms with Crippen molar-refractivity contribution in [1.29, 1.82) is 0 Å². The van der Waals surface area contributed by atoms with Gasteiger partial charge in [-0.1, -0.05) is 12.1 Å². The van der Waals surface area contributed by atoms with Crippen molar-refractivity contribution in [2.75, 3.05) is 0 Å². The fourth-order valence-electron chi connectivity index (χ4n) is 1.99. The van der Waals surface area contributed by atoms with Gasteiger partial charge < -0.3 is 10.3 Å². The normalized spacial score (nSPS) is 13.5. The molecule has 1 unspecified atom stereocenters. The van der Waals surface area contributed by atoms with E-state index in [0.717, 1.165) is 23.5 Å². The van der Waals surface area contributed by atoms with Gasteiger partial charge in [-0.2, -0.15) is 13.2 Å². The molecule has 0 fully saturated rings. The van der Waals surface area contributed by atoms with E-state index in [9.17, 15) is 13.2 Å². The van der Waals surface area contributed by atoms with Crippen molar-refractivity contribution in [1.82, 2.24) is 9.55 Å². The Morgan fingerprint density at radius 3 is 2.55 bits per heavy atom. The summed E-state index contributed by atoms with van der Waals surface area (Å²) in [6, 6.07) is 4.62. The van der Waals surface area contributed by atoms with Gasteiger partial charge >= 0.3 is 6.18 Å². The molecule has 0 saturated heterocycles. The monoisotopic (exact) mass is 283 g/mol. The van der Waals surface area contributed by atoms with Crippen LogP contribution in [0.25, 0.3) is 0 Å². The molecule has 0 amide bonds. The third kappa shape index (κ3) is 3.01. The molecule has 1 atom stereocenters. The zero-order valence-electron chi connectivity index (χ0n) is 11.3. The Kier molecular flexibility index (Phi) is 3.85. The highest BCUT2D eigenvalue weighted by molar-refractivity contribution is 5.28. The lowest BCUT2D eigenvalue weighted by Gasteiger charge is -2.16. The quantitative estimate of drug-likeness (QED) is 0.940. The molecule has 2 aromatic rings. The van der Waals surface area contributed by atoms with Crippen molar-refractivity contribution in [2.24, 2.45) is 5.73 Å². The molecule has 2 rings (SSSR count). The van der Waals surface area contributed by atoms with Gasteiger partial charge in [0.2, 0.25) is 0 Å². The van der Waals surface area contributed by atoms with Crippen molar-refractivity contribution in [3.05, 3.63) is 53.1 Å². The number of imidazole rings is 1. The molecule has 108 valence electrons. The van der Waals surface area contributed by atoms with Crippen LogP contribution in [0.15, 0.2) is 30.6 Å². The van der Waals surface area contributed by atoms with Gasteiger partial charge in [0, 0.05) is 18.3 Å². The third-order valence-corrected chi connectivity index (χ3v) is 3.38. The minimum Gasteiger partial charge on any atom is -0.333 e. The summed E-state index contributed by atoms with van der Waals surface area (Å²) in [7, 11) is 0. The Balaban J connectivity index is 2.21. The van der Waals surface area contributed by atoms with Crippen LogP contribution in [-0.4, -0.2) is 9.55 Å². The van der Waals surface area contributed by atoms with Crippen molar-refractivity contribution in [3.8, 4) is 0 Å². The van der Waals surface area contributed by atoms with Crippen LogP contribution in [-0.2, 0) is 12.7 Å². The molecule has 0 aliphatic carbocycles. The summed E-state index contributed by atoms with van der Waals surface area (Å²) in [4.78, 5) is 4.15. The Morgan fingerprint density at radius 2 is 2.00 bits per heavy atom. The molecule has 1 aromatic heterocycles. The predicted octanol–water partition coefficient (Wildman–Crippen LogP) is 3.22. The van der Waals surface area contributed by atoms with E-state index < -0.39 is 17.8 Å². The van der Waals surface area contributed by atoms with Gasteiger partial charge in [-0.05, 0) is 31.5 Å². The largest absolute Gasteiger partial charge is 0.416 e. The molecule has 0 aliphatic rings. The zero-order valence-corrected chi connectivity index (χ0v) is 11.3. The van der Waals surface area contributed by atoms with Crippen molar-refractivity contribution in [3.63, 3.8) is 0 Å². The lowest BCUT2D eigenvalue weighted by molar-refractivity contribution is -0.137. The number of nitrogens with zero attached hydrogens (tertiary/aromatic N) is 2. The van der Waals surface area contributed by atoms with Gasteiger partial charge in [0.25, 0.3) is 0 Å². The standard InChI is InChI=1S/C14H16F3N3/c1-9-10(2)20(8-19-9)7-13(18)11-4-3-5-12(6-11)14(15,16)17/h3-6,8,13H,7,18H2,1-2H3. The van der Waals surface area contributed by atoms with Gasteiger partial charge in [0.15, 0.2) is 0 Å². The number of benzene rings is 1. The number of aromatic nitrogens is 2. The molecule has 0 spiro atoms. The van der Waals surface area contributed by atoms with E-state index in [1.54, 1.807) is 12.4 Å². The summed E-state index contributed by atoms with van der Waals surface area (Å²) in [5.74, 6) is 0. The Labute approximate surface area is 115 Å². The molecule has 0 saturated carbocycles. The van der Waals surface area contributed by atoms with Gasteiger partial charge in [-0.25, -0.2) is 4.98 Å². The van der Waals surface area contributed by atoms with E-state index in [2.05, 4.69) is 4.98 Å². The average Bonchev–Trinajstić information content (AvgIpc) is 2.70. The molecule has 0 radical (unpaired) electrons. The second-order valence-corrected chi connectivity index (χ2v) is 4.80. The SMILES string of the molecule is Cc1ncn(CC(N)c2cccc(C(F)(F)F)c2)c1C. The highest BCUT2D eigenvalue weighted by Crippen LogP contribution is 2.30. The molecule has 2 N–H and O–H groups in total. The predicted molar refractivity (Wildman–Crippen MR) is 70.1 cm³/mol. The highest BCUT2D eigenvalue weighted by Gasteiger charge is 2.30. The fourth-order valence-corrected chi connectivity index (χ4v) is 1.99. The van der Waals surface area contributed by atoms with E-state index in [1.165, 1.54) is 6.07 Å². The van der Waals surface area contributed by atoms with Crippen LogP contribution in [0.2, 0.25) is 0 Å². The summed E-state index contributed by atoms with van der Waals surface area (Å²) in [6.07, 6.45) is -2.70. The highest BCUT2D eigenvalue weighted by atomic mass is 19.4. The van der Waals surface area contributed by atoms with Gasteiger partial charge in [0.1, 0.15) is 0 Å². The summed E-state index contributed by atoms with van der Waals surface area (Å²) in [5.41, 5.74) is 7.64. The summed E-state index contributed by atoms with van der Waals surface area (Å²) < 4.78 is 39.9. The maximum absolute atomic E-state index is 12.7. The molecule has 1 aromatic carbocycles. The maximum Gasteiger partial charge on any atom is 0.416 e. The molecular weight excluding hydrogens is 267 g/mol. The minimum atomic E-state index is -4.35. The first kappa shape index (κ1) is 14.6. The first-order chi connectivity index (χ1) is 9.29. The molecule has 20 heavy (non-hydrogen) atoms. The van der Waals surface area contributed by atoms with Crippen molar-refractivity contribution >= 4 is 0 Å². The Hall–Kier alpha value is -1.82. The van der Waals surface area contributed by atoms with Crippen LogP contribution in [0, 0.1) is 13.8 Å². The van der Waals surface area contributed by atoms with Crippen LogP contribution in [0.5, 0.6) is 0 Å². The number of aryl methyl sites for hydroxylation is 1. The van der Waals surface area contributed by atoms with E-state index in [0.29, 0.717) is 12.1 Å². The zero-order chi connectivity index (χ0) is 14.9. The second kappa shape index (κ2) is 5.28. The number of rotatable bonds is 3. The Morgan fingerprint density at radius 1 is 1.30 bits per heavy atom. The van der Waals surface area contributed by atoms with Crippen molar-refractivity contribution < 1.29 is 13.2 Å². The Bertz CT molecular complexity index is 602. The molecule has 0 bridgehead atoms. The number of halogens is 3. The number of hydrogen-bond donors (Lipinski definition) is 1. The topological polar surface area (TPSA) is 43.8 Å². The van der Waals surface area contributed by atoms with E-state index >= 15 is 0 Å². The van der Waals surface area contributed by atoms with E-state index in [-0.39, 0.29) is 0 Å².